The van der Waals surface area contributed by atoms with Gasteiger partial charge in [0.05, 0.1) is 10.6 Å². The van der Waals surface area contributed by atoms with E-state index in [1.165, 1.54) is 18.3 Å². The number of hydrogen-bond donors (Lipinski definition) is 2. The normalized spacial score (nSPS) is 10.3. The number of para-hydroxylation sites is 1. The first-order chi connectivity index (χ1) is 12.9. The van der Waals surface area contributed by atoms with Gasteiger partial charge in [0.25, 0.3) is 0 Å². The van der Waals surface area contributed by atoms with Crippen LogP contribution in [0.1, 0.15) is 16.6 Å². The molecule has 6 nitrogen and oxygen atoms in total. The van der Waals surface area contributed by atoms with Crippen molar-refractivity contribution >= 4 is 34.7 Å². The molecule has 2 aromatic carbocycles. The monoisotopic (exact) mass is 381 g/mol. The molecule has 0 radical (unpaired) electrons. The van der Waals surface area contributed by atoms with E-state index in [1.807, 2.05) is 42.5 Å². The molecule has 2 N–H and O–H groups in total. The molecule has 0 spiro atoms. The summed E-state index contributed by atoms with van der Waals surface area (Å²) in [6.07, 6.45) is 0. The molecule has 0 atom stereocenters. The fraction of sp³-hybridized carbons (Fsp3) is 0.0500. The van der Waals surface area contributed by atoms with Gasteiger partial charge in [0.15, 0.2) is 5.78 Å². The molecular formula is C20H15NO5S. The first-order valence-electron chi connectivity index (χ1n) is 7.96. The number of amides is 1. The van der Waals surface area contributed by atoms with E-state index in [4.69, 9.17) is 9.84 Å². The number of ether oxygens (including phenoxy) is 1. The largest absolute Gasteiger partial charge is 0.474 e. The quantitative estimate of drug-likeness (QED) is 0.504. The van der Waals surface area contributed by atoms with Gasteiger partial charge in [-0.15, -0.1) is 11.3 Å². The highest BCUT2D eigenvalue weighted by Gasteiger charge is 2.19. The summed E-state index contributed by atoms with van der Waals surface area (Å²) in [4.78, 5) is 35.0. The number of nitrogens with one attached hydrogen (secondary N) is 1. The number of carbonyl (C=O) groups is 3. The van der Waals surface area contributed by atoms with Crippen LogP contribution >= 0.6 is 11.3 Å². The van der Waals surface area contributed by atoms with Crippen LogP contribution in [-0.2, 0) is 9.59 Å². The zero-order valence-corrected chi connectivity index (χ0v) is 15.1. The Morgan fingerprint density at radius 2 is 1.59 bits per heavy atom. The predicted molar refractivity (Wildman–Crippen MR) is 103 cm³/mol. The Labute approximate surface area is 159 Å². The van der Waals surface area contributed by atoms with E-state index in [0.29, 0.717) is 10.6 Å². The highest BCUT2D eigenvalue weighted by atomic mass is 32.1. The fourth-order valence-corrected chi connectivity index (χ4v) is 3.39. The smallest absolute Gasteiger partial charge is 0.394 e. The first kappa shape index (κ1) is 18.3. The summed E-state index contributed by atoms with van der Waals surface area (Å²) in [6.45, 7) is 1.36. The van der Waals surface area contributed by atoms with Crippen molar-refractivity contribution in [1.29, 1.82) is 0 Å². The number of carbonyl (C=O) groups excluding carboxylic acids is 2. The zero-order chi connectivity index (χ0) is 19.4. The molecule has 1 aromatic heterocycles. The average Bonchev–Trinajstić information content (AvgIpc) is 3.07. The third-order valence-electron chi connectivity index (χ3n) is 3.61. The third kappa shape index (κ3) is 4.39. The number of rotatable bonds is 5. The summed E-state index contributed by atoms with van der Waals surface area (Å²) in [6, 6.07) is 18.2. The second-order valence-corrected chi connectivity index (χ2v) is 6.66. The van der Waals surface area contributed by atoms with Crippen molar-refractivity contribution in [2.45, 2.75) is 6.92 Å². The lowest BCUT2D eigenvalue weighted by Gasteiger charge is -2.06. The Morgan fingerprint density at radius 3 is 2.19 bits per heavy atom. The molecule has 0 fully saturated rings. The Hall–Kier alpha value is -3.45. The number of carboxylic acid groups (broad SMARTS) is 1. The predicted octanol–water partition coefficient (Wildman–Crippen LogP) is 4.43. The SMILES string of the molecule is CC(=O)c1sc(-c2ccc(Oc3ccccc3)cc2)cc1NC(=O)C(=O)O. The molecule has 27 heavy (non-hydrogen) atoms. The number of hydrogen-bond acceptors (Lipinski definition) is 5. The topological polar surface area (TPSA) is 92.7 Å². The number of carboxylic acids is 1. The number of benzene rings is 2. The van der Waals surface area contributed by atoms with Crippen LogP contribution in [0.4, 0.5) is 5.69 Å². The molecule has 0 aliphatic rings. The molecule has 3 aromatic rings. The van der Waals surface area contributed by atoms with Crippen molar-refractivity contribution in [2.24, 2.45) is 0 Å². The van der Waals surface area contributed by atoms with E-state index in [0.717, 1.165) is 16.2 Å². The Balaban J connectivity index is 1.84. The number of aliphatic carboxylic acids is 1. The van der Waals surface area contributed by atoms with E-state index in [-0.39, 0.29) is 11.5 Å². The maximum Gasteiger partial charge on any atom is 0.394 e. The fourth-order valence-electron chi connectivity index (χ4n) is 2.38. The van der Waals surface area contributed by atoms with Crippen molar-refractivity contribution in [2.75, 3.05) is 5.32 Å². The van der Waals surface area contributed by atoms with Gasteiger partial charge in [-0.2, -0.15) is 0 Å². The zero-order valence-electron chi connectivity index (χ0n) is 14.3. The van der Waals surface area contributed by atoms with Gasteiger partial charge in [-0.25, -0.2) is 4.79 Å². The van der Waals surface area contributed by atoms with Crippen molar-refractivity contribution in [3.05, 3.63) is 65.5 Å². The van der Waals surface area contributed by atoms with Crippen LogP contribution in [-0.4, -0.2) is 22.8 Å². The molecular weight excluding hydrogens is 366 g/mol. The number of Topliss-reactive ketones (excluding diaryl/α,β-unsaturated/α-hetero) is 1. The van der Waals surface area contributed by atoms with Crippen LogP contribution in [0.25, 0.3) is 10.4 Å². The molecule has 136 valence electrons. The van der Waals surface area contributed by atoms with E-state index in [9.17, 15) is 14.4 Å². The van der Waals surface area contributed by atoms with Gasteiger partial charge in [0.1, 0.15) is 11.5 Å². The van der Waals surface area contributed by atoms with Gasteiger partial charge in [0, 0.05) is 11.8 Å². The second kappa shape index (κ2) is 7.84. The minimum absolute atomic E-state index is 0.194. The van der Waals surface area contributed by atoms with Crippen LogP contribution in [0.3, 0.4) is 0 Å². The van der Waals surface area contributed by atoms with Gasteiger partial charge in [-0.05, 0) is 48.0 Å². The third-order valence-corrected chi connectivity index (χ3v) is 4.90. The van der Waals surface area contributed by atoms with Crippen molar-refractivity contribution in [3.8, 4) is 21.9 Å². The lowest BCUT2D eigenvalue weighted by Crippen LogP contribution is -2.22. The summed E-state index contributed by atoms with van der Waals surface area (Å²) in [7, 11) is 0. The summed E-state index contributed by atoms with van der Waals surface area (Å²) < 4.78 is 5.74. The van der Waals surface area contributed by atoms with E-state index in [2.05, 4.69) is 5.32 Å². The number of thiophene rings is 1. The van der Waals surface area contributed by atoms with E-state index < -0.39 is 11.9 Å². The summed E-state index contributed by atoms with van der Waals surface area (Å²) in [5.41, 5.74) is 1.01. The lowest BCUT2D eigenvalue weighted by atomic mass is 10.1. The molecule has 0 bridgehead atoms. The maximum absolute atomic E-state index is 11.8. The molecule has 0 saturated carbocycles. The minimum atomic E-state index is -1.61. The minimum Gasteiger partial charge on any atom is -0.474 e. The van der Waals surface area contributed by atoms with Crippen molar-refractivity contribution < 1.29 is 24.2 Å². The van der Waals surface area contributed by atoms with Gasteiger partial charge in [0.2, 0.25) is 0 Å². The number of ketones is 1. The summed E-state index contributed by atoms with van der Waals surface area (Å²) in [5, 5.41) is 11.0. The van der Waals surface area contributed by atoms with Gasteiger partial charge >= 0.3 is 11.9 Å². The lowest BCUT2D eigenvalue weighted by molar-refractivity contribution is -0.147. The highest BCUT2D eigenvalue weighted by Crippen LogP contribution is 2.36. The van der Waals surface area contributed by atoms with Gasteiger partial charge < -0.3 is 15.2 Å². The van der Waals surface area contributed by atoms with E-state index >= 15 is 0 Å². The first-order valence-corrected chi connectivity index (χ1v) is 8.78. The molecule has 0 unspecified atom stereocenters. The molecule has 7 heteroatoms. The van der Waals surface area contributed by atoms with Crippen LogP contribution in [0.15, 0.2) is 60.7 Å². The molecule has 1 amide bonds. The van der Waals surface area contributed by atoms with Crippen LogP contribution in [0, 0.1) is 0 Å². The highest BCUT2D eigenvalue weighted by molar-refractivity contribution is 7.18. The average molecular weight is 381 g/mol. The van der Waals surface area contributed by atoms with Gasteiger partial charge in [-0.3, -0.25) is 9.59 Å². The molecule has 0 aliphatic carbocycles. The maximum atomic E-state index is 11.8. The Kier molecular flexibility index (Phi) is 5.33. The molecule has 3 rings (SSSR count). The molecule has 0 aliphatic heterocycles. The van der Waals surface area contributed by atoms with Crippen molar-refractivity contribution in [3.63, 3.8) is 0 Å². The Morgan fingerprint density at radius 1 is 0.963 bits per heavy atom. The summed E-state index contributed by atoms with van der Waals surface area (Å²) in [5.74, 6) is -1.67. The van der Waals surface area contributed by atoms with Crippen LogP contribution in [0.5, 0.6) is 11.5 Å². The molecule has 0 saturated heterocycles. The Bertz CT molecular complexity index is 993. The van der Waals surface area contributed by atoms with Crippen LogP contribution in [0.2, 0.25) is 0 Å². The second-order valence-electron chi connectivity index (χ2n) is 5.61. The van der Waals surface area contributed by atoms with Crippen LogP contribution < -0.4 is 10.1 Å². The van der Waals surface area contributed by atoms with Gasteiger partial charge in [-0.1, -0.05) is 18.2 Å². The standard InChI is InChI=1S/C20H15NO5S/c1-12(22)18-16(21-19(23)20(24)25)11-17(27-18)13-7-9-15(10-8-13)26-14-5-3-2-4-6-14/h2-11H,1H3,(H,21,23)(H,24,25). The molecule has 1 heterocycles. The summed E-state index contributed by atoms with van der Waals surface area (Å²) >= 11 is 1.19. The van der Waals surface area contributed by atoms with E-state index in [1.54, 1.807) is 18.2 Å². The van der Waals surface area contributed by atoms with Crippen molar-refractivity contribution in [1.82, 2.24) is 0 Å². The number of anilines is 1.